The highest BCUT2D eigenvalue weighted by molar-refractivity contribution is 14.0. The number of hydrogen-bond donors (Lipinski definition) is 3. The van der Waals surface area contributed by atoms with Crippen LogP contribution in [0.5, 0.6) is 11.5 Å². The van der Waals surface area contributed by atoms with Crippen LogP contribution in [-0.4, -0.2) is 45.7 Å². The van der Waals surface area contributed by atoms with Gasteiger partial charge in [-0.15, -0.1) is 24.0 Å². The van der Waals surface area contributed by atoms with Gasteiger partial charge in [0.25, 0.3) is 0 Å². The second-order valence-electron chi connectivity index (χ2n) is 6.91. The van der Waals surface area contributed by atoms with Crippen LogP contribution in [0, 0.1) is 6.92 Å². The lowest BCUT2D eigenvalue weighted by Gasteiger charge is -2.13. The average molecular weight is 575 g/mol. The van der Waals surface area contributed by atoms with E-state index in [4.69, 9.17) is 21.1 Å². The van der Waals surface area contributed by atoms with E-state index in [1.165, 1.54) is 0 Å². The summed E-state index contributed by atoms with van der Waals surface area (Å²) < 4.78 is 10.6. The zero-order valence-corrected chi connectivity index (χ0v) is 22.0. The molecule has 0 heterocycles. The minimum Gasteiger partial charge on any atom is -0.493 e. The normalized spacial score (nSPS) is 10.7. The minimum atomic E-state index is -0.129. The standard InChI is InChI=1S/C23H31ClN4O3.HI/c1-5-25-23(26-12-10-17-7-9-20(30-3)21(15-17)31-4)27-13-11-22(29)28-19-8-6-16(2)14-18(19)24;/h6-9,14-15H,5,10-13H2,1-4H3,(H,28,29)(H2,25,26,27);1H. The first kappa shape index (κ1) is 27.8. The lowest BCUT2D eigenvalue weighted by molar-refractivity contribution is -0.116. The highest BCUT2D eigenvalue weighted by Gasteiger charge is 2.07. The summed E-state index contributed by atoms with van der Waals surface area (Å²) in [6.07, 6.45) is 1.05. The second-order valence-corrected chi connectivity index (χ2v) is 7.32. The minimum absolute atomic E-state index is 0. The molecule has 0 aliphatic rings. The maximum atomic E-state index is 12.2. The number of aryl methyl sites for hydroxylation is 1. The number of nitrogens with zero attached hydrogens (tertiary/aromatic N) is 1. The number of ether oxygens (including phenoxy) is 2. The molecule has 0 atom stereocenters. The highest BCUT2D eigenvalue weighted by Crippen LogP contribution is 2.27. The predicted molar refractivity (Wildman–Crippen MR) is 142 cm³/mol. The molecule has 2 aromatic rings. The third-order valence-electron chi connectivity index (χ3n) is 4.51. The number of amides is 1. The van der Waals surface area contributed by atoms with E-state index < -0.39 is 0 Å². The Hall–Kier alpha value is -2.20. The number of hydrogen-bond acceptors (Lipinski definition) is 4. The zero-order chi connectivity index (χ0) is 22.6. The molecule has 2 aromatic carbocycles. The highest BCUT2D eigenvalue weighted by atomic mass is 127. The molecule has 3 N–H and O–H groups in total. The lowest BCUT2D eigenvalue weighted by atomic mass is 10.1. The van der Waals surface area contributed by atoms with Crippen LogP contribution in [0.4, 0.5) is 5.69 Å². The van der Waals surface area contributed by atoms with Crippen molar-refractivity contribution >= 4 is 53.1 Å². The number of guanidine groups is 1. The zero-order valence-electron chi connectivity index (χ0n) is 19.0. The van der Waals surface area contributed by atoms with Gasteiger partial charge >= 0.3 is 0 Å². The summed E-state index contributed by atoms with van der Waals surface area (Å²) in [4.78, 5) is 16.7. The molecule has 32 heavy (non-hydrogen) atoms. The van der Waals surface area contributed by atoms with Crippen LogP contribution in [0.15, 0.2) is 41.4 Å². The monoisotopic (exact) mass is 574 g/mol. The van der Waals surface area contributed by atoms with Crippen LogP contribution in [0.3, 0.4) is 0 Å². The van der Waals surface area contributed by atoms with Gasteiger partial charge in [-0.2, -0.15) is 0 Å². The van der Waals surface area contributed by atoms with Gasteiger partial charge in [0.1, 0.15) is 0 Å². The van der Waals surface area contributed by atoms with Crippen molar-refractivity contribution in [2.24, 2.45) is 4.99 Å². The van der Waals surface area contributed by atoms with Crippen LogP contribution >= 0.6 is 35.6 Å². The van der Waals surface area contributed by atoms with Crippen LogP contribution in [0.1, 0.15) is 24.5 Å². The molecule has 0 saturated heterocycles. The summed E-state index contributed by atoms with van der Waals surface area (Å²) in [7, 11) is 3.24. The van der Waals surface area contributed by atoms with Crippen molar-refractivity contribution in [1.29, 1.82) is 0 Å². The van der Waals surface area contributed by atoms with Gasteiger partial charge in [0, 0.05) is 19.5 Å². The Labute approximate surface area is 212 Å². The van der Waals surface area contributed by atoms with Gasteiger partial charge in [-0.3, -0.25) is 9.79 Å². The Morgan fingerprint density at radius 1 is 1.06 bits per heavy atom. The Balaban J connectivity index is 0.00000512. The summed E-state index contributed by atoms with van der Waals surface area (Å²) in [5.41, 5.74) is 2.78. The second kappa shape index (κ2) is 14.8. The fourth-order valence-corrected chi connectivity index (χ4v) is 3.19. The largest absolute Gasteiger partial charge is 0.493 e. The summed E-state index contributed by atoms with van der Waals surface area (Å²) >= 11 is 6.17. The first-order valence-electron chi connectivity index (χ1n) is 10.3. The molecule has 0 unspecified atom stereocenters. The number of nitrogens with one attached hydrogen (secondary N) is 3. The third kappa shape index (κ3) is 9.12. The molecule has 176 valence electrons. The molecule has 0 radical (unpaired) electrons. The molecule has 0 saturated carbocycles. The van der Waals surface area contributed by atoms with Crippen LogP contribution in [0.2, 0.25) is 5.02 Å². The third-order valence-corrected chi connectivity index (χ3v) is 4.82. The summed E-state index contributed by atoms with van der Waals surface area (Å²) in [5, 5.41) is 9.83. The van der Waals surface area contributed by atoms with E-state index in [1.807, 2.05) is 44.2 Å². The van der Waals surface area contributed by atoms with Crippen molar-refractivity contribution in [2.45, 2.75) is 26.7 Å². The van der Waals surface area contributed by atoms with E-state index in [9.17, 15) is 4.79 Å². The van der Waals surface area contributed by atoms with Gasteiger partial charge in [-0.1, -0.05) is 23.7 Å². The van der Waals surface area contributed by atoms with Crippen LogP contribution in [0.25, 0.3) is 0 Å². The molecule has 2 rings (SSSR count). The summed E-state index contributed by atoms with van der Waals surface area (Å²) in [6.45, 7) is 5.73. The van der Waals surface area contributed by atoms with E-state index in [1.54, 1.807) is 20.3 Å². The average Bonchev–Trinajstić information content (AvgIpc) is 2.75. The SMILES string of the molecule is CCNC(=NCCC(=O)Nc1ccc(C)cc1Cl)NCCc1ccc(OC)c(OC)c1.I. The number of rotatable bonds is 10. The fourth-order valence-electron chi connectivity index (χ4n) is 2.91. The molecule has 0 spiro atoms. The Bertz CT molecular complexity index is 909. The maximum Gasteiger partial charge on any atom is 0.226 e. The number of aliphatic imine (C=N–C) groups is 1. The maximum absolute atomic E-state index is 12.2. The molecule has 0 aromatic heterocycles. The van der Waals surface area contributed by atoms with E-state index in [0.717, 1.165) is 24.1 Å². The smallest absolute Gasteiger partial charge is 0.226 e. The number of carbonyl (C=O) groups excluding carboxylic acids is 1. The number of carbonyl (C=O) groups is 1. The number of anilines is 1. The lowest BCUT2D eigenvalue weighted by Crippen LogP contribution is -2.38. The van der Waals surface area contributed by atoms with E-state index in [-0.39, 0.29) is 36.3 Å². The summed E-state index contributed by atoms with van der Waals surface area (Å²) in [5.74, 6) is 1.96. The molecule has 0 aliphatic carbocycles. The molecule has 0 aliphatic heterocycles. The quantitative estimate of drug-likeness (QED) is 0.222. The fraction of sp³-hybridized carbons (Fsp3) is 0.391. The van der Waals surface area contributed by atoms with Gasteiger partial charge in [-0.05, 0) is 55.7 Å². The van der Waals surface area contributed by atoms with Gasteiger partial charge in [-0.25, -0.2) is 0 Å². The predicted octanol–water partition coefficient (Wildman–Crippen LogP) is 4.41. The Morgan fingerprint density at radius 2 is 1.81 bits per heavy atom. The van der Waals surface area contributed by atoms with E-state index in [0.29, 0.717) is 41.3 Å². The van der Waals surface area contributed by atoms with Crippen molar-refractivity contribution in [3.05, 3.63) is 52.5 Å². The van der Waals surface area contributed by atoms with E-state index >= 15 is 0 Å². The Morgan fingerprint density at radius 3 is 2.47 bits per heavy atom. The van der Waals surface area contributed by atoms with Crippen molar-refractivity contribution in [3.8, 4) is 11.5 Å². The number of methoxy groups -OCH3 is 2. The van der Waals surface area contributed by atoms with Gasteiger partial charge < -0.3 is 25.4 Å². The van der Waals surface area contributed by atoms with Gasteiger partial charge in [0.05, 0.1) is 31.5 Å². The van der Waals surface area contributed by atoms with Gasteiger partial charge in [0.15, 0.2) is 17.5 Å². The molecule has 7 nitrogen and oxygen atoms in total. The molecule has 9 heteroatoms. The molecular weight excluding hydrogens is 543 g/mol. The van der Waals surface area contributed by atoms with Crippen LogP contribution < -0.4 is 25.4 Å². The molecule has 0 bridgehead atoms. The van der Waals surface area contributed by atoms with Crippen LogP contribution in [-0.2, 0) is 11.2 Å². The van der Waals surface area contributed by atoms with Crippen molar-refractivity contribution < 1.29 is 14.3 Å². The van der Waals surface area contributed by atoms with Crippen molar-refractivity contribution in [2.75, 3.05) is 39.2 Å². The first-order valence-corrected chi connectivity index (χ1v) is 10.6. The first-order chi connectivity index (χ1) is 15.0. The van der Waals surface area contributed by atoms with Crippen molar-refractivity contribution in [1.82, 2.24) is 10.6 Å². The topological polar surface area (TPSA) is 84.0 Å². The molecular formula is C23H32ClIN4O3. The number of halogens is 2. The Kier molecular flexibility index (Phi) is 12.9. The summed E-state index contributed by atoms with van der Waals surface area (Å²) in [6, 6.07) is 11.4. The van der Waals surface area contributed by atoms with Gasteiger partial charge in [0.2, 0.25) is 5.91 Å². The van der Waals surface area contributed by atoms with Crippen molar-refractivity contribution in [3.63, 3.8) is 0 Å². The molecule has 1 amide bonds. The number of benzene rings is 2. The van der Waals surface area contributed by atoms with E-state index in [2.05, 4.69) is 20.9 Å². The molecule has 0 fully saturated rings.